The van der Waals surface area contributed by atoms with Gasteiger partial charge in [-0.25, -0.2) is 8.78 Å². The zero-order valence-corrected chi connectivity index (χ0v) is 9.14. The first-order valence-corrected chi connectivity index (χ1v) is 5.04. The van der Waals surface area contributed by atoms with E-state index in [9.17, 15) is 8.78 Å². The third kappa shape index (κ3) is 1.22. The Kier molecular flexibility index (Phi) is 1.96. The van der Waals surface area contributed by atoms with Gasteiger partial charge in [0.1, 0.15) is 5.54 Å². The Hall–Kier alpha value is -0.970. The summed E-state index contributed by atoms with van der Waals surface area (Å²) in [7, 11) is 0. The quantitative estimate of drug-likeness (QED) is 0.816. The summed E-state index contributed by atoms with van der Waals surface area (Å²) in [6.07, 6.45) is -0.267. The summed E-state index contributed by atoms with van der Waals surface area (Å²) in [5.74, 6) is -2.77. The van der Waals surface area contributed by atoms with Crippen LogP contribution < -0.4 is 5.73 Å². The number of hydrogen-bond acceptors (Lipinski definition) is 2. The lowest BCUT2D eigenvalue weighted by molar-refractivity contribution is 0.0887. The number of nitrogens with zero attached hydrogens (tertiary/aromatic N) is 2. The van der Waals surface area contributed by atoms with Gasteiger partial charge < -0.3 is 5.73 Å². The van der Waals surface area contributed by atoms with Crippen molar-refractivity contribution >= 4 is 0 Å². The van der Waals surface area contributed by atoms with Crippen LogP contribution in [-0.4, -0.2) is 15.7 Å². The summed E-state index contributed by atoms with van der Waals surface area (Å²) in [5, 5.41) is 4.20. The van der Waals surface area contributed by atoms with Gasteiger partial charge in [-0.15, -0.1) is 0 Å². The van der Waals surface area contributed by atoms with E-state index in [4.69, 9.17) is 5.73 Å². The van der Waals surface area contributed by atoms with E-state index in [0.29, 0.717) is 17.8 Å². The van der Waals surface area contributed by atoms with Crippen LogP contribution >= 0.6 is 0 Å². The summed E-state index contributed by atoms with van der Waals surface area (Å²) in [6.45, 7) is 6.13. The maximum absolute atomic E-state index is 13.2. The van der Waals surface area contributed by atoms with Gasteiger partial charge in [0.2, 0.25) is 0 Å². The largest absolute Gasteiger partial charge is 0.316 e. The Morgan fingerprint density at radius 2 is 2.00 bits per heavy atom. The number of nitrogens with two attached hydrogens (primary N) is 1. The maximum Gasteiger partial charge on any atom is 0.272 e. The van der Waals surface area contributed by atoms with Crippen molar-refractivity contribution in [2.75, 3.05) is 0 Å². The van der Waals surface area contributed by atoms with Gasteiger partial charge in [0.05, 0.1) is 5.69 Å². The smallest absolute Gasteiger partial charge is 0.272 e. The second-order valence-electron chi connectivity index (χ2n) is 4.21. The Morgan fingerprint density at radius 3 is 2.33 bits per heavy atom. The van der Waals surface area contributed by atoms with Crippen molar-refractivity contribution in [2.24, 2.45) is 5.73 Å². The summed E-state index contributed by atoms with van der Waals surface area (Å²) < 4.78 is 28.1. The highest BCUT2D eigenvalue weighted by Crippen LogP contribution is 2.58. The minimum absolute atomic E-state index is 0.267. The molecule has 1 unspecified atom stereocenters. The molecule has 0 spiro atoms. The zero-order valence-electron chi connectivity index (χ0n) is 9.14. The summed E-state index contributed by atoms with van der Waals surface area (Å²) in [6, 6.07) is 0. The Morgan fingerprint density at radius 1 is 1.47 bits per heavy atom. The molecule has 5 heteroatoms. The van der Waals surface area contributed by atoms with Gasteiger partial charge in [-0.05, 0) is 20.8 Å². The molecule has 0 bridgehead atoms. The van der Waals surface area contributed by atoms with Crippen LogP contribution in [0.2, 0.25) is 0 Å². The molecule has 0 amide bonds. The fraction of sp³-hybridized carbons (Fsp3) is 0.700. The first-order chi connectivity index (χ1) is 6.83. The van der Waals surface area contributed by atoms with E-state index in [1.807, 2.05) is 6.92 Å². The van der Waals surface area contributed by atoms with Crippen molar-refractivity contribution in [2.45, 2.75) is 45.2 Å². The lowest BCUT2D eigenvalue weighted by atomic mass is 10.0. The second kappa shape index (κ2) is 2.78. The van der Waals surface area contributed by atoms with E-state index in [-0.39, 0.29) is 6.42 Å². The average Bonchev–Trinajstić information content (AvgIpc) is 2.49. The SMILES string of the molecule is CCn1nc(C)c(C2(N)CC2(F)F)c1C. The van der Waals surface area contributed by atoms with Gasteiger partial charge in [-0.3, -0.25) is 4.68 Å². The minimum Gasteiger partial charge on any atom is -0.316 e. The van der Waals surface area contributed by atoms with Crippen LogP contribution in [-0.2, 0) is 12.1 Å². The van der Waals surface area contributed by atoms with Crippen LogP contribution in [0.25, 0.3) is 0 Å². The van der Waals surface area contributed by atoms with Crippen molar-refractivity contribution in [3.8, 4) is 0 Å². The molecule has 1 fully saturated rings. The molecule has 84 valence electrons. The predicted octanol–water partition coefficient (Wildman–Crippen LogP) is 1.71. The Balaban J connectivity index is 2.51. The van der Waals surface area contributed by atoms with Crippen LogP contribution in [0, 0.1) is 13.8 Å². The molecular formula is C10H15F2N3. The third-order valence-corrected chi connectivity index (χ3v) is 3.16. The zero-order chi connectivity index (χ0) is 11.4. The van der Waals surface area contributed by atoms with Gasteiger partial charge >= 0.3 is 0 Å². The molecule has 0 aliphatic heterocycles. The van der Waals surface area contributed by atoms with Crippen molar-refractivity contribution in [3.05, 3.63) is 17.0 Å². The van der Waals surface area contributed by atoms with E-state index in [1.165, 1.54) is 0 Å². The summed E-state index contributed by atoms with van der Waals surface area (Å²) in [4.78, 5) is 0. The van der Waals surface area contributed by atoms with E-state index in [0.717, 1.165) is 5.69 Å². The normalized spacial score (nSPS) is 28.1. The van der Waals surface area contributed by atoms with Crippen LogP contribution in [0.4, 0.5) is 8.78 Å². The monoisotopic (exact) mass is 215 g/mol. The Bertz CT molecular complexity index is 411. The van der Waals surface area contributed by atoms with Crippen LogP contribution in [0.5, 0.6) is 0 Å². The molecule has 0 radical (unpaired) electrons. The predicted molar refractivity (Wildman–Crippen MR) is 52.8 cm³/mol. The van der Waals surface area contributed by atoms with E-state index >= 15 is 0 Å². The highest BCUT2D eigenvalue weighted by molar-refractivity contribution is 5.41. The number of rotatable bonds is 2. The van der Waals surface area contributed by atoms with E-state index in [1.54, 1.807) is 18.5 Å². The van der Waals surface area contributed by atoms with Gasteiger partial charge in [0.15, 0.2) is 0 Å². The van der Waals surface area contributed by atoms with E-state index in [2.05, 4.69) is 5.10 Å². The molecule has 2 rings (SSSR count). The first kappa shape index (κ1) is 10.5. The van der Waals surface area contributed by atoms with E-state index < -0.39 is 11.5 Å². The Labute approximate surface area is 87.3 Å². The maximum atomic E-state index is 13.2. The van der Waals surface area contributed by atoms with Gasteiger partial charge in [0, 0.05) is 24.2 Å². The molecule has 1 aliphatic carbocycles. The lowest BCUT2D eigenvalue weighted by Crippen LogP contribution is -2.28. The molecule has 3 nitrogen and oxygen atoms in total. The molecule has 1 aliphatic rings. The molecule has 2 N–H and O–H groups in total. The minimum atomic E-state index is -2.77. The van der Waals surface area contributed by atoms with Crippen molar-refractivity contribution in [3.63, 3.8) is 0 Å². The molecule has 15 heavy (non-hydrogen) atoms. The topological polar surface area (TPSA) is 43.8 Å². The number of alkyl halides is 2. The number of aromatic nitrogens is 2. The van der Waals surface area contributed by atoms with Gasteiger partial charge in [0.25, 0.3) is 5.92 Å². The van der Waals surface area contributed by atoms with Crippen LogP contribution in [0.15, 0.2) is 0 Å². The molecule has 0 saturated heterocycles. The van der Waals surface area contributed by atoms with Crippen molar-refractivity contribution < 1.29 is 8.78 Å². The number of halogens is 2. The van der Waals surface area contributed by atoms with Crippen molar-refractivity contribution in [1.29, 1.82) is 0 Å². The summed E-state index contributed by atoms with van der Waals surface area (Å²) >= 11 is 0. The molecule has 1 aromatic rings. The highest BCUT2D eigenvalue weighted by Gasteiger charge is 2.71. The van der Waals surface area contributed by atoms with Crippen molar-refractivity contribution in [1.82, 2.24) is 9.78 Å². The van der Waals surface area contributed by atoms with Crippen LogP contribution in [0.3, 0.4) is 0 Å². The van der Waals surface area contributed by atoms with Crippen LogP contribution in [0.1, 0.15) is 30.3 Å². The molecule has 1 aromatic heterocycles. The third-order valence-electron chi connectivity index (χ3n) is 3.16. The molecule has 0 aromatic carbocycles. The molecule has 1 saturated carbocycles. The molecule has 1 atom stereocenters. The lowest BCUT2D eigenvalue weighted by Gasteiger charge is -2.11. The fourth-order valence-corrected chi connectivity index (χ4v) is 2.23. The summed E-state index contributed by atoms with van der Waals surface area (Å²) in [5.41, 5.74) is 6.14. The average molecular weight is 215 g/mol. The highest BCUT2D eigenvalue weighted by atomic mass is 19.3. The van der Waals surface area contributed by atoms with Gasteiger partial charge in [-0.1, -0.05) is 0 Å². The standard InChI is InChI=1S/C10H15F2N3/c1-4-15-7(3)8(6(2)14-15)9(13)5-10(9,11)12/h4-5,13H2,1-3H3. The first-order valence-electron chi connectivity index (χ1n) is 5.04. The molecular weight excluding hydrogens is 200 g/mol. The number of aryl methyl sites for hydroxylation is 2. The number of hydrogen-bond donors (Lipinski definition) is 1. The fourth-order valence-electron chi connectivity index (χ4n) is 2.23. The second-order valence-corrected chi connectivity index (χ2v) is 4.21. The molecule has 1 heterocycles. The van der Waals surface area contributed by atoms with Gasteiger partial charge in [-0.2, -0.15) is 5.10 Å².